The van der Waals surface area contributed by atoms with Crippen LogP contribution < -0.4 is 4.90 Å². The highest BCUT2D eigenvalue weighted by atomic mass is 35.5. The summed E-state index contributed by atoms with van der Waals surface area (Å²) in [5, 5.41) is 0.587. The van der Waals surface area contributed by atoms with Crippen molar-refractivity contribution in [1.29, 1.82) is 0 Å². The predicted molar refractivity (Wildman–Crippen MR) is 100 cm³/mol. The molecule has 0 spiro atoms. The number of nitrogens with zero attached hydrogens (tertiary/aromatic N) is 1. The van der Waals surface area contributed by atoms with Crippen molar-refractivity contribution in [2.24, 2.45) is 0 Å². The lowest BCUT2D eigenvalue weighted by molar-refractivity contribution is -0.136. The Kier molecular flexibility index (Phi) is 4.08. The highest BCUT2D eigenvalue weighted by Gasteiger charge is 2.43. The molecule has 0 N–H and O–H groups in total. The first-order chi connectivity index (χ1) is 12.5. The summed E-state index contributed by atoms with van der Waals surface area (Å²) in [6.45, 7) is 4.01. The molecule has 1 atom stereocenters. The van der Waals surface area contributed by atoms with Crippen molar-refractivity contribution in [3.05, 3.63) is 75.4 Å². The lowest BCUT2D eigenvalue weighted by Crippen LogP contribution is -2.37. The van der Waals surface area contributed by atoms with Crippen LogP contribution in [0.4, 0.5) is 5.69 Å². The van der Waals surface area contributed by atoms with Crippen LogP contribution in [-0.4, -0.2) is 18.5 Å². The Hall–Kier alpha value is -2.59. The Bertz CT molecular complexity index is 963. The third-order valence-corrected chi connectivity index (χ3v) is 5.50. The van der Waals surface area contributed by atoms with Gasteiger partial charge in [-0.3, -0.25) is 9.69 Å². The second-order valence-corrected chi connectivity index (χ2v) is 7.12. The molecule has 2 heterocycles. The summed E-state index contributed by atoms with van der Waals surface area (Å²) in [5.74, 6) is -0.676. The number of carbonyl (C=O) groups is 2. The molecule has 5 heteroatoms. The third kappa shape index (κ3) is 2.61. The number of ether oxygens (including phenoxy) is 1. The summed E-state index contributed by atoms with van der Waals surface area (Å²) in [5.41, 5.74) is 4.86. The van der Waals surface area contributed by atoms with Crippen LogP contribution >= 0.6 is 11.6 Å². The van der Waals surface area contributed by atoms with Gasteiger partial charge in [0.05, 0.1) is 17.0 Å². The molecule has 132 valence electrons. The van der Waals surface area contributed by atoms with Gasteiger partial charge >= 0.3 is 5.97 Å². The molecule has 0 bridgehead atoms. The summed E-state index contributed by atoms with van der Waals surface area (Å²) < 4.78 is 5.31. The fourth-order valence-electron chi connectivity index (χ4n) is 3.72. The molecule has 26 heavy (non-hydrogen) atoms. The molecule has 2 aliphatic rings. The smallest absolute Gasteiger partial charge is 0.336 e. The Labute approximate surface area is 157 Å². The van der Waals surface area contributed by atoms with Crippen LogP contribution in [0.15, 0.2) is 53.7 Å². The Morgan fingerprint density at radius 3 is 2.58 bits per heavy atom. The van der Waals surface area contributed by atoms with Crippen molar-refractivity contribution in [2.45, 2.75) is 26.2 Å². The van der Waals surface area contributed by atoms with E-state index >= 15 is 0 Å². The normalized spacial score (nSPS) is 19.7. The van der Waals surface area contributed by atoms with Crippen molar-refractivity contribution in [3.63, 3.8) is 0 Å². The van der Waals surface area contributed by atoms with Gasteiger partial charge in [-0.25, -0.2) is 4.79 Å². The van der Waals surface area contributed by atoms with E-state index < -0.39 is 0 Å². The van der Waals surface area contributed by atoms with Crippen LogP contribution in [0, 0.1) is 13.8 Å². The fraction of sp³-hybridized carbons (Fsp3) is 0.238. The number of esters is 1. The van der Waals surface area contributed by atoms with E-state index in [0.29, 0.717) is 22.0 Å². The number of rotatable bonds is 2. The molecular weight excluding hydrogens is 350 g/mol. The summed E-state index contributed by atoms with van der Waals surface area (Å²) in [4.78, 5) is 27.1. The van der Waals surface area contributed by atoms with Crippen LogP contribution in [0.1, 0.15) is 29.0 Å². The minimum Gasteiger partial charge on any atom is -0.456 e. The van der Waals surface area contributed by atoms with Crippen molar-refractivity contribution in [1.82, 2.24) is 0 Å². The number of benzene rings is 2. The number of carbonyl (C=O) groups excluding carboxylic acids is 2. The van der Waals surface area contributed by atoms with E-state index in [1.54, 1.807) is 11.0 Å². The van der Waals surface area contributed by atoms with E-state index in [4.69, 9.17) is 16.3 Å². The third-order valence-electron chi connectivity index (χ3n) is 5.09. The van der Waals surface area contributed by atoms with E-state index in [-0.39, 0.29) is 30.8 Å². The Morgan fingerprint density at radius 2 is 1.85 bits per heavy atom. The van der Waals surface area contributed by atoms with Gasteiger partial charge in [0.15, 0.2) is 0 Å². The summed E-state index contributed by atoms with van der Waals surface area (Å²) in [6.07, 6.45) is 0.226. The van der Waals surface area contributed by atoms with Gasteiger partial charge < -0.3 is 4.74 Å². The van der Waals surface area contributed by atoms with Gasteiger partial charge in [0, 0.05) is 17.4 Å². The molecule has 0 saturated carbocycles. The molecule has 0 fully saturated rings. The first-order valence-corrected chi connectivity index (χ1v) is 8.90. The quantitative estimate of drug-likeness (QED) is 0.744. The van der Waals surface area contributed by atoms with Crippen molar-refractivity contribution in [3.8, 4) is 0 Å². The summed E-state index contributed by atoms with van der Waals surface area (Å²) in [6, 6.07) is 13.3. The zero-order chi connectivity index (χ0) is 18.4. The molecule has 0 saturated heterocycles. The SMILES string of the molecule is Cc1ccc(N2C(=O)CC(c3ccccc3C)C3=C2COC3=O)cc1Cl. The van der Waals surface area contributed by atoms with E-state index in [2.05, 4.69) is 0 Å². The van der Waals surface area contributed by atoms with E-state index in [1.165, 1.54) is 0 Å². The van der Waals surface area contributed by atoms with E-state index in [0.717, 1.165) is 16.7 Å². The minimum absolute atomic E-state index is 0.0600. The second kappa shape index (κ2) is 6.29. The molecule has 4 rings (SSSR count). The predicted octanol–water partition coefficient (Wildman–Crippen LogP) is 4.29. The number of halogens is 1. The topological polar surface area (TPSA) is 46.6 Å². The molecule has 0 aromatic heterocycles. The largest absolute Gasteiger partial charge is 0.456 e. The molecule has 1 amide bonds. The number of amides is 1. The van der Waals surface area contributed by atoms with Crippen LogP contribution in [0.5, 0.6) is 0 Å². The van der Waals surface area contributed by atoms with Crippen molar-refractivity contribution < 1.29 is 14.3 Å². The molecular formula is C21H18ClNO3. The lowest BCUT2D eigenvalue weighted by Gasteiger charge is -2.32. The van der Waals surface area contributed by atoms with Gasteiger partial charge in [0.25, 0.3) is 0 Å². The maximum atomic E-state index is 13.0. The first-order valence-electron chi connectivity index (χ1n) is 8.52. The zero-order valence-electron chi connectivity index (χ0n) is 14.6. The lowest BCUT2D eigenvalue weighted by atomic mass is 9.82. The molecule has 2 aliphatic heterocycles. The van der Waals surface area contributed by atoms with Gasteiger partial charge in [-0.15, -0.1) is 0 Å². The summed E-state index contributed by atoms with van der Waals surface area (Å²) in [7, 11) is 0. The number of hydrogen-bond acceptors (Lipinski definition) is 3. The highest BCUT2D eigenvalue weighted by Crippen LogP contribution is 2.43. The molecule has 2 aromatic carbocycles. The molecule has 1 unspecified atom stereocenters. The first kappa shape index (κ1) is 16.9. The van der Waals surface area contributed by atoms with Crippen LogP contribution in [0.3, 0.4) is 0 Å². The van der Waals surface area contributed by atoms with Crippen LogP contribution in [0.2, 0.25) is 5.02 Å². The van der Waals surface area contributed by atoms with Crippen LogP contribution in [0.25, 0.3) is 0 Å². The molecule has 0 radical (unpaired) electrons. The van der Waals surface area contributed by atoms with E-state index in [9.17, 15) is 9.59 Å². The van der Waals surface area contributed by atoms with Gasteiger partial charge in [0.2, 0.25) is 5.91 Å². The number of aryl methyl sites for hydroxylation is 2. The highest BCUT2D eigenvalue weighted by molar-refractivity contribution is 6.31. The number of anilines is 1. The molecule has 4 nitrogen and oxygen atoms in total. The van der Waals surface area contributed by atoms with E-state index in [1.807, 2.05) is 50.2 Å². The van der Waals surface area contributed by atoms with Crippen molar-refractivity contribution >= 4 is 29.2 Å². The second-order valence-electron chi connectivity index (χ2n) is 6.71. The zero-order valence-corrected chi connectivity index (χ0v) is 15.3. The van der Waals surface area contributed by atoms with Gasteiger partial charge in [0.1, 0.15) is 6.61 Å². The number of hydrogen-bond donors (Lipinski definition) is 0. The average molecular weight is 368 g/mol. The fourth-order valence-corrected chi connectivity index (χ4v) is 3.89. The number of cyclic esters (lactones) is 1. The van der Waals surface area contributed by atoms with Crippen LogP contribution in [-0.2, 0) is 14.3 Å². The Morgan fingerprint density at radius 1 is 1.08 bits per heavy atom. The average Bonchev–Trinajstić information content (AvgIpc) is 2.99. The maximum absolute atomic E-state index is 13.0. The Balaban J connectivity index is 1.86. The van der Waals surface area contributed by atoms with Gasteiger partial charge in [-0.05, 0) is 42.7 Å². The monoisotopic (exact) mass is 367 g/mol. The molecule has 0 aliphatic carbocycles. The van der Waals surface area contributed by atoms with Gasteiger partial charge in [-0.2, -0.15) is 0 Å². The maximum Gasteiger partial charge on any atom is 0.336 e. The van der Waals surface area contributed by atoms with Gasteiger partial charge in [-0.1, -0.05) is 41.9 Å². The summed E-state index contributed by atoms with van der Waals surface area (Å²) >= 11 is 6.25. The van der Waals surface area contributed by atoms with Crippen molar-refractivity contribution in [2.75, 3.05) is 11.5 Å². The standard InChI is InChI=1S/C21H18ClNO3/c1-12-5-3-4-6-15(12)16-10-19(24)23(18-11-26-21(25)20(16)18)14-8-7-13(2)17(22)9-14/h3-9,16H,10-11H2,1-2H3. The minimum atomic E-state index is -0.344. The molecule has 2 aromatic rings.